The summed E-state index contributed by atoms with van der Waals surface area (Å²) in [4.78, 5) is 0. The molecule has 2 bridgehead atoms. The van der Waals surface area contributed by atoms with Gasteiger partial charge in [0.2, 0.25) is 0 Å². The predicted molar refractivity (Wildman–Crippen MR) is 62.2 cm³/mol. The fraction of sp³-hybridized carbons (Fsp3) is 1.00. The molecule has 0 saturated carbocycles. The zero-order valence-electron chi connectivity index (χ0n) is 10.6. The summed E-state index contributed by atoms with van der Waals surface area (Å²) < 4.78 is 6.00. The van der Waals surface area contributed by atoms with Gasteiger partial charge in [0.05, 0.1) is 17.3 Å². The van der Waals surface area contributed by atoms with Crippen molar-refractivity contribution >= 4 is 0 Å². The monoisotopic (exact) mass is 228 g/mol. The van der Waals surface area contributed by atoms with Crippen molar-refractivity contribution in [3.8, 4) is 0 Å². The van der Waals surface area contributed by atoms with E-state index in [0.29, 0.717) is 6.42 Å². The van der Waals surface area contributed by atoms with Crippen molar-refractivity contribution in [2.75, 3.05) is 0 Å². The standard InChI is InChI=1S/C13H24O3/c1-4-5-7-13(15)9-11(2)8-6-10(14)12(13,3)16-11/h10,14-15H,4-9H2,1-3H3/t10-,11+,12-,13-/m0/s1. The molecule has 16 heavy (non-hydrogen) atoms. The summed E-state index contributed by atoms with van der Waals surface area (Å²) >= 11 is 0. The summed E-state index contributed by atoms with van der Waals surface area (Å²) in [5.41, 5.74) is -1.86. The van der Waals surface area contributed by atoms with E-state index in [-0.39, 0.29) is 5.60 Å². The minimum Gasteiger partial charge on any atom is -0.390 e. The van der Waals surface area contributed by atoms with E-state index in [1.54, 1.807) is 0 Å². The maximum Gasteiger partial charge on any atom is 0.120 e. The van der Waals surface area contributed by atoms with Gasteiger partial charge in [-0.05, 0) is 33.1 Å². The van der Waals surface area contributed by atoms with Crippen LogP contribution in [0.1, 0.15) is 59.3 Å². The highest BCUT2D eigenvalue weighted by molar-refractivity contribution is 5.15. The number of aliphatic hydroxyl groups is 2. The number of rotatable bonds is 3. The van der Waals surface area contributed by atoms with E-state index in [2.05, 4.69) is 13.8 Å². The van der Waals surface area contributed by atoms with Gasteiger partial charge in [-0.1, -0.05) is 19.8 Å². The fourth-order valence-corrected chi connectivity index (χ4v) is 3.48. The number of hydrogen-bond donors (Lipinski definition) is 2. The summed E-state index contributed by atoms with van der Waals surface area (Å²) in [6.45, 7) is 6.05. The first-order chi connectivity index (χ1) is 7.35. The smallest absolute Gasteiger partial charge is 0.120 e. The van der Waals surface area contributed by atoms with E-state index in [1.807, 2.05) is 6.92 Å². The van der Waals surface area contributed by atoms with Gasteiger partial charge >= 0.3 is 0 Å². The minimum atomic E-state index is -0.853. The van der Waals surface area contributed by atoms with E-state index in [4.69, 9.17) is 4.74 Å². The van der Waals surface area contributed by atoms with Crippen molar-refractivity contribution in [2.45, 2.75) is 82.2 Å². The van der Waals surface area contributed by atoms with E-state index in [0.717, 1.165) is 32.1 Å². The van der Waals surface area contributed by atoms with E-state index in [9.17, 15) is 10.2 Å². The molecule has 0 aliphatic carbocycles. The summed E-state index contributed by atoms with van der Waals surface area (Å²) in [6.07, 6.45) is 4.48. The first-order valence-electron chi connectivity index (χ1n) is 6.46. The molecule has 0 amide bonds. The number of hydrogen-bond acceptors (Lipinski definition) is 3. The van der Waals surface area contributed by atoms with Gasteiger partial charge < -0.3 is 14.9 Å². The SMILES string of the molecule is CCCC[C@]1(O)C[C@@]2(C)CC[C@H](O)[C@]1(C)O2. The Kier molecular flexibility index (Phi) is 2.84. The molecule has 2 rings (SSSR count). The van der Waals surface area contributed by atoms with Gasteiger partial charge in [0, 0.05) is 6.42 Å². The maximum atomic E-state index is 10.8. The van der Waals surface area contributed by atoms with Crippen LogP contribution in [-0.4, -0.2) is 33.1 Å². The van der Waals surface area contributed by atoms with Crippen LogP contribution in [0, 0.1) is 0 Å². The number of ether oxygens (including phenoxy) is 1. The molecule has 2 fully saturated rings. The van der Waals surface area contributed by atoms with Crippen LogP contribution in [0.15, 0.2) is 0 Å². The third-order valence-corrected chi connectivity index (χ3v) is 4.58. The van der Waals surface area contributed by atoms with Gasteiger partial charge in [-0.15, -0.1) is 0 Å². The van der Waals surface area contributed by atoms with Crippen LogP contribution < -0.4 is 0 Å². The van der Waals surface area contributed by atoms with Crippen molar-refractivity contribution in [1.29, 1.82) is 0 Å². The van der Waals surface area contributed by atoms with Crippen molar-refractivity contribution in [1.82, 2.24) is 0 Å². The Morgan fingerprint density at radius 3 is 2.69 bits per heavy atom. The van der Waals surface area contributed by atoms with Gasteiger partial charge in [0.25, 0.3) is 0 Å². The molecule has 0 radical (unpaired) electrons. The second-order valence-corrected chi connectivity index (χ2v) is 6.03. The normalized spacial score (nSPS) is 51.9. The van der Waals surface area contributed by atoms with Crippen LogP contribution in [0.5, 0.6) is 0 Å². The molecule has 94 valence electrons. The van der Waals surface area contributed by atoms with Crippen molar-refractivity contribution in [3.63, 3.8) is 0 Å². The van der Waals surface area contributed by atoms with Crippen LogP contribution in [-0.2, 0) is 4.74 Å². The lowest BCUT2D eigenvalue weighted by Crippen LogP contribution is -2.57. The van der Waals surface area contributed by atoms with Gasteiger partial charge in [0.1, 0.15) is 5.60 Å². The lowest BCUT2D eigenvalue weighted by molar-refractivity contribution is -0.220. The van der Waals surface area contributed by atoms with E-state index < -0.39 is 17.3 Å². The van der Waals surface area contributed by atoms with Crippen LogP contribution >= 0.6 is 0 Å². The molecule has 3 nitrogen and oxygen atoms in total. The molecule has 0 spiro atoms. The second-order valence-electron chi connectivity index (χ2n) is 6.03. The molecule has 2 aliphatic rings. The average molecular weight is 228 g/mol. The maximum absolute atomic E-state index is 10.8. The average Bonchev–Trinajstić information content (AvgIpc) is 2.38. The Hall–Kier alpha value is -0.120. The molecule has 2 saturated heterocycles. The summed E-state index contributed by atoms with van der Waals surface area (Å²) in [6, 6.07) is 0. The van der Waals surface area contributed by atoms with Gasteiger partial charge in [-0.25, -0.2) is 0 Å². The zero-order chi connectivity index (χ0) is 12.0. The zero-order valence-corrected chi connectivity index (χ0v) is 10.6. The third-order valence-electron chi connectivity index (χ3n) is 4.58. The minimum absolute atomic E-state index is 0.240. The highest BCUT2D eigenvalue weighted by Crippen LogP contribution is 2.55. The molecule has 2 N–H and O–H groups in total. The first-order valence-corrected chi connectivity index (χ1v) is 6.46. The number of fused-ring (bicyclic) bond motifs is 2. The lowest BCUT2D eigenvalue weighted by atomic mass is 9.76. The molecular weight excluding hydrogens is 204 g/mol. The molecule has 4 atom stereocenters. The quantitative estimate of drug-likeness (QED) is 0.776. The van der Waals surface area contributed by atoms with E-state index >= 15 is 0 Å². The molecular formula is C13H24O3. The highest BCUT2D eigenvalue weighted by atomic mass is 16.6. The Labute approximate surface area is 97.8 Å². The van der Waals surface area contributed by atoms with Gasteiger partial charge in [0.15, 0.2) is 0 Å². The Morgan fingerprint density at radius 1 is 1.38 bits per heavy atom. The first kappa shape index (κ1) is 12.3. The summed E-state index contributed by atoms with van der Waals surface area (Å²) in [7, 11) is 0. The van der Waals surface area contributed by atoms with Crippen molar-refractivity contribution in [2.24, 2.45) is 0 Å². The largest absolute Gasteiger partial charge is 0.390 e. The molecule has 0 unspecified atom stereocenters. The van der Waals surface area contributed by atoms with Gasteiger partial charge in [-0.3, -0.25) is 0 Å². The fourth-order valence-electron chi connectivity index (χ4n) is 3.48. The summed E-state index contributed by atoms with van der Waals surface area (Å²) in [5, 5.41) is 20.9. The summed E-state index contributed by atoms with van der Waals surface area (Å²) in [5.74, 6) is 0. The van der Waals surface area contributed by atoms with Crippen molar-refractivity contribution < 1.29 is 14.9 Å². The Morgan fingerprint density at radius 2 is 2.06 bits per heavy atom. The van der Waals surface area contributed by atoms with Crippen LogP contribution in [0.3, 0.4) is 0 Å². The highest BCUT2D eigenvalue weighted by Gasteiger charge is 2.65. The molecule has 2 aliphatic heterocycles. The second kappa shape index (κ2) is 3.69. The topological polar surface area (TPSA) is 49.7 Å². The molecule has 3 heteroatoms. The van der Waals surface area contributed by atoms with E-state index in [1.165, 1.54) is 0 Å². The molecule has 0 aromatic heterocycles. The molecule has 0 aromatic carbocycles. The van der Waals surface area contributed by atoms with Crippen LogP contribution in [0.2, 0.25) is 0 Å². The number of unbranched alkanes of at least 4 members (excludes halogenated alkanes) is 1. The third kappa shape index (κ3) is 1.60. The van der Waals surface area contributed by atoms with Crippen molar-refractivity contribution in [3.05, 3.63) is 0 Å². The Balaban J connectivity index is 2.26. The lowest BCUT2D eigenvalue weighted by Gasteiger charge is -2.44. The number of aliphatic hydroxyl groups excluding tert-OH is 1. The van der Waals surface area contributed by atoms with Gasteiger partial charge in [-0.2, -0.15) is 0 Å². The van der Waals surface area contributed by atoms with Crippen LogP contribution in [0.25, 0.3) is 0 Å². The molecule has 2 heterocycles. The Bertz CT molecular complexity index is 280. The van der Waals surface area contributed by atoms with Crippen LogP contribution in [0.4, 0.5) is 0 Å². The predicted octanol–water partition coefficient (Wildman–Crippen LogP) is 2.00. The molecule has 0 aromatic rings.